The Kier molecular flexibility index (Phi) is 3.89. The molecule has 3 rings (SSSR count). The van der Waals surface area contributed by atoms with Crippen molar-refractivity contribution in [3.05, 3.63) is 53.3 Å². The molecule has 1 aromatic heterocycles. The molecule has 0 unspecified atom stereocenters. The van der Waals surface area contributed by atoms with Gasteiger partial charge in [0, 0.05) is 25.1 Å². The van der Waals surface area contributed by atoms with E-state index in [9.17, 15) is 18.0 Å². The van der Waals surface area contributed by atoms with Crippen LogP contribution in [-0.2, 0) is 6.18 Å². The van der Waals surface area contributed by atoms with Gasteiger partial charge in [-0.1, -0.05) is 44.2 Å². The van der Waals surface area contributed by atoms with Crippen LogP contribution in [0.15, 0.2) is 36.4 Å². The molecule has 4 nitrogen and oxygen atoms in total. The highest BCUT2D eigenvalue weighted by molar-refractivity contribution is 5.92. The maximum absolute atomic E-state index is 12.7. The molecule has 1 aromatic carbocycles. The van der Waals surface area contributed by atoms with E-state index in [4.69, 9.17) is 0 Å². The maximum Gasteiger partial charge on any atom is 0.432 e. The van der Waals surface area contributed by atoms with Crippen LogP contribution in [0.4, 0.5) is 13.2 Å². The van der Waals surface area contributed by atoms with E-state index in [2.05, 4.69) is 18.9 Å². The number of H-pyrrole nitrogens is 1. The smallest absolute Gasteiger partial charge is 0.336 e. The Labute approximate surface area is 137 Å². The fourth-order valence-electron chi connectivity index (χ4n) is 3.27. The molecule has 1 saturated heterocycles. The van der Waals surface area contributed by atoms with Crippen LogP contribution < -0.4 is 0 Å². The van der Waals surface area contributed by atoms with Gasteiger partial charge in [-0.3, -0.25) is 9.89 Å². The van der Waals surface area contributed by atoms with E-state index < -0.39 is 17.8 Å². The monoisotopic (exact) mass is 337 g/mol. The SMILES string of the molecule is CC1(C)CN(C(=O)c2cc(C(F)(F)F)[nH]n2)C[C@H]1c1ccccc1. The first-order chi connectivity index (χ1) is 11.2. The van der Waals surface area contributed by atoms with Gasteiger partial charge in [0.15, 0.2) is 5.69 Å². The minimum absolute atomic E-state index is 0.128. The number of amides is 1. The second-order valence-corrected chi connectivity index (χ2v) is 6.80. The average molecular weight is 337 g/mol. The highest BCUT2D eigenvalue weighted by Gasteiger charge is 2.43. The number of nitrogens with one attached hydrogen (secondary N) is 1. The van der Waals surface area contributed by atoms with Gasteiger partial charge in [-0.15, -0.1) is 0 Å². The van der Waals surface area contributed by atoms with E-state index in [1.54, 1.807) is 4.90 Å². The van der Waals surface area contributed by atoms with Crippen molar-refractivity contribution in [1.29, 1.82) is 0 Å². The van der Waals surface area contributed by atoms with Crippen LogP contribution in [0.2, 0.25) is 0 Å². The summed E-state index contributed by atoms with van der Waals surface area (Å²) >= 11 is 0. The van der Waals surface area contributed by atoms with Crippen LogP contribution in [0, 0.1) is 5.41 Å². The number of aromatic amines is 1. The van der Waals surface area contributed by atoms with Crippen LogP contribution in [0.5, 0.6) is 0 Å². The molecule has 7 heteroatoms. The van der Waals surface area contributed by atoms with E-state index in [0.29, 0.717) is 13.1 Å². The first-order valence-electron chi connectivity index (χ1n) is 7.65. The van der Waals surface area contributed by atoms with Crippen LogP contribution in [0.25, 0.3) is 0 Å². The molecule has 1 aliphatic heterocycles. The Morgan fingerprint density at radius 1 is 1.29 bits per heavy atom. The molecule has 1 fully saturated rings. The molecule has 24 heavy (non-hydrogen) atoms. The lowest BCUT2D eigenvalue weighted by atomic mass is 9.78. The van der Waals surface area contributed by atoms with Crippen molar-refractivity contribution in [3.8, 4) is 0 Å². The number of carbonyl (C=O) groups is 1. The van der Waals surface area contributed by atoms with Crippen molar-refractivity contribution < 1.29 is 18.0 Å². The van der Waals surface area contributed by atoms with Gasteiger partial charge in [-0.2, -0.15) is 18.3 Å². The Bertz CT molecular complexity index is 737. The van der Waals surface area contributed by atoms with E-state index in [-0.39, 0.29) is 17.0 Å². The van der Waals surface area contributed by atoms with Gasteiger partial charge in [0.1, 0.15) is 5.69 Å². The number of hydrogen-bond acceptors (Lipinski definition) is 2. The summed E-state index contributed by atoms with van der Waals surface area (Å²) in [7, 11) is 0. The standard InChI is InChI=1S/C17H18F3N3O/c1-16(2)10-23(9-12(16)11-6-4-3-5-7-11)15(24)13-8-14(22-21-13)17(18,19)20/h3-8,12H,9-10H2,1-2H3,(H,21,22)/t12-/m0/s1. The normalized spacial score (nSPS) is 20.4. The fourth-order valence-corrected chi connectivity index (χ4v) is 3.27. The lowest BCUT2D eigenvalue weighted by molar-refractivity contribution is -0.141. The van der Waals surface area contributed by atoms with E-state index in [1.165, 1.54) is 0 Å². The Hall–Kier alpha value is -2.31. The molecule has 2 aromatic rings. The second kappa shape index (κ2) is 5.65. The van der Waals surface area contributed by atoms with Crippen molar-refractivity contribution in [1.82, 2.24) is 15.1 Å². The lowest BCUT2D eigenvalue weighted by Crippen LogP contribution is -2.30. The number of halogens is 3. The van der Waals surface area contributed by atoms with Crippen LogP contribution in [-0.4, -0.2) is 34.1 Å². The number of benzene rings is 1. The highest BCUT2D eigenvalue weighted by atomic mass is 19.4. The van der Waals surface area contributed by atoms with E-state index >= 15 is 0 Å². The Morgan fingerprint density at radius 2 is 1.96 bits per heavy atom. The molecule has 1 atom stereocenters. The highest BCUT2D eigenvalue weighted by Crippen LogP contribution is 2.42. The first-order valence-corrected chi connectivity index (χ1v) is 7.65. The molecule has 2 heterocycles. The van der Waals surface area contributed by atoms with Gasteiger partial charge in [-0.05, 0) is 11.0 Å². The van der Waals surface area contributed by atoms with Crippen molar-refractivity contribution >= 4 is 5.91 Å². The summed E-state index contributed by atoms with van der Waals surface area (Å²) < 4.78 is 38.0. The molecule has 0 aliphatic carbocycles. The molecule has 0 radical (unpaired) electrons. The average Bonchev–Trinajstić information content (AvgIpc) is 3.11. The molecule has 0 bridgehead atoms. The van der Waals surface area contributed by atoms with E-state index in [0.717, 1.165) is 11.6 Å². The molecule has 1 aliphatic rings. The molecule has 0 saturated carbocycles. The predicted octanol–water partition coefficient (Wildman–Crippen LogP) is 3.69. The molecular formula is C17H18F3N3O. The number of carbonyl (C=O) groups excluding carboxylic acids is 1. The number of alkyl halides is 3. The molecule has 1 amide bonds. The zero-order chi connectivity index (χ0) is 17.5. The third kappa shape index (κ3) is 3.02. The minimum atomic E-state index is -4.54. The molecule has 1 N–H and O–H groups in total. The second-order valence-electron chi connectivity index (χ2n) is 6.80. The fraction of sp³-hybridized carbons (Fsp3) is 0.412. The number of hydrogen-bond donors (Lipinski definition) is 1. The predicted molar refractivity (Wildman–Crippen MR) is 82.5 cm³/mol. The number of likely N-dealkylation sites (tertiary alicyclic amines) is 1. The van der Waals surface area contributed by atoms with Crippen LogP contribution >= 0.6 is 0 Å². The third-order valence-corrected chi connectivity index (χ3v) is 4.54. The zero-order valence-electron chi connectivity index (χ0n) is 13.4. The van der Waals surface area contributed by atoms with Gasteiger partial charge in [0.05, 0.1) is 0 Å². The summed E-state index contributed by atoms with van der Waals surface area (Å²) in [6.07, 6.45) is -4.54. The summed E-state index contributed by atoms with van der Waals surface area (Å²) in [5.74, 6) is -0.350. The summed E-state index contributed by atoms with van der Waals surface area (Å²) in [4.78, 5) is 14.1. The molecule has 128 valence electrons. The van der Waals surface area contributed by atoms with Gasteiger partial charge in [0.25, 0.3) is 5.91 Å². The van der Waals surface area contributed by atoms with Crippen molar-refractivity contribution in [2.75, 3.05) is 13.1 Å². The van der Waals surface area contributed by atoms with E-state index in [1.807, 2.05) is 35.4 Å². The lowest BCUT2D eigenvalue weighted by Gasteiger charge is -2.25. The number of rotatable bonds is 2. The molecular weight excluding hydrogens is 319 g/mol. The van der Waals surface area contributed by atoms with Crippen molar-refractivity contribution in [3.63, 3.8) is 0 Å². The summed E-state index contributed by atoms with van der Waals surface area (Å²) in [5.41, 5.74) is -0.258. The Balaban J connectivity index is 1.81. The van der Waals surface area contributed by atoms with Gasteiger partial charge >= 0.3 is 6.18 Å². The van der Waals surface area contributed by atoms with Crippen molar-refractivity contribution in [2.24, 2.45) is 5.41 Å². The number of aromatic nitrogens is 2. The topological polar surface area (TPSA) is 49.0 Å². The maximum atomic E-state index is 12.7. The van der Waals surface area contributed by atoms with Gasteiger partial charge < -0.3 is 4.90 Å². The Morgan fingerprint density at radius 3 is 2.54 bits per heavy atom. The first kappa shape index (κ1) is 16.5. The van der Waals surface area contributed by atoms with Crippen molar-refractivity contribution in [2.45, 2.75) is 25.9 Å². The summed E-state index contributed by atoms with van der Waals surface area (Å²) in [6.45, 7) is 5.05. The van der Waals surface area contributed by atoms with Gasteiger partial charge in [0.2, 0.25) is 0 Å². The number of nitrogens with zero attached hydrogens (tertiary/aromatic N) is 2. The zero-order valence-corrected chi connectivity index (χ0v) is 13.4. The third-order valence-electron chi connectivity index (χ3n) is 4.54. The minimum Gasteiger partial charge on any atom is -0.336 e. The summed E-state index contributed by atoms with van der Waals surface area (Å²) in [6, 6.07) is 10.6. The van der Waals surface area contributed by atoms with Crippen LogP contribution in [0.1, 0.15) is 41.5 Å². The summed E-state index contributed by atoms with van der Waals surface area (Å²) in [5, 5.41) is 5.43. The van der Waals surface area contributed by atoms with Crippen LogP contribution in [0.3, 0.4) is 0 Å². The molecule has 0 spiro atoms. The quantitative estimate of drug-likeness (QED) is 0.908. The largest absolute Gasteiger partial charge is 0.432 e. The van der Waals surface area contributed by atoms with Gasteiger partial charge in [-0.25, -0.2) is 0 Å².